The molecule has 3 aromatic carbocycles. The molecular weight excluding hydrogens is 690 g/mol. The first-order valence-corrected chi connectivity index (χ1v) is 18.6. The number of phenols is 2. The predicted molar refractivity (Wildman–Crippen MR) is 190 cm³/mol. The second kappa shape index (κ2) is 12.0. The number of hydrogen-bond acceptors (Lipinski definition) is 14. The van der Waals surface area contributed by atoms with Crippen molar-refractivity contribution in [2.24, 2.45) is 0 Å². The predicted octanol–water partition coefficient (Wildman–Crippen LogP) is 3.50. The highest BCUT2D eigenvalue weighted by molar-refractivity contribution is 7.99. The molecule has 0 amide bonds. The number of methoxy groups -OCH3 is 3. The Labute approximate surface area is 305 Å². The van der Waals surface area contributed by atoms with Gasteiger partial charge in [0, 0.05) is 40.6 Å². The molecule has 2 saturated heterocycles. The second-order valence-corrected chi connectivity index (χ2v) is 15.7. The van der Waals surface area contributed by atoms with E-state index in [4.69, 9.17) is 28.4 Å². The van der Waals surface area contributed by atoms with Gasteiger partial charge in [0.25, 0.3) is 0 Å². The number of benzene rings is 3. The van der Waals surface area contributed by atoms with Crippen molar-refractivity contribution in [3.8, 4) is 40.2 Å². The maximum absolute atomic E-state index is 14.6. The van der Waals surface area contributed by atoms with Crippen molar-refractivity contribution in [2.45, 2.75) is 67.9 Å². The van der Waals surface area contributed by atoms with E-state index in [0.29, 0.717) is 47.9 Å². The van der Waals surface area contributed by atoms with Crippen LogP contribution in [0.1, 0.15) is 61.8 Å². The quantitative estimate of drug-likeness (QED) is 0.291. The normalized spacial score (nSPS) is 30.2. The molecule has 13 nitrogen and oxygen atoms in total. The minimum atomic E-state index is -1.28. The molecule has 14 heteroatoms. The molecule has 1 unspecified atom stereocenters. The lowest BCUT2D eigenvalue weighted by molar-refractivity contribution is -0.186. The second-order valence-electron chi connectivity index (χ2n) is 14.5. The van der Waals surface area contributed by atoms with Gasteiger partial charge in [-0.15, -0.1) is 11.8 Å². The number of phenolic OH excluding ortho intramolecular Hbond substituents is 2. The van der Waals surface area contributed by atoms with Gasteiger partial charge in [0.05, 0.1) is 44.7 Å². The number of esters is 1. The number of rotatable bonds is 3. The highest BCUT2D eigenvalue weighted by Gasteiger charge is 2.61. The van der Waals surface area contributed by atoms with E-state index in [1.807, 2.05) is 20.9 Å². The number of ether oxygens (including phenoxy) is 6. The highest BCUT2D eigenvalue weighted by atomic mass is 32.2. The number of nitrogens with zero attached hydrogens (tertiary/aromatic N) is 2. The molecule has 7 atom stereocenters. The fraction of sp³-hybridized carbons (Fsp3) is 0.500. The zero-order valence-electron chi connectivity index (χ0n) is 29.9. The Bertz CT molecular complexity index is 2030. The first-order valence-electron chi connectivity index (χ1n) is 17.6. The molecule has 0 aromatic heterocycles. The van der Waals surface area contributed by atoms with Crippen LogP contribution in [0.3, 0.4) is 0 Å². The van der Waals surface area contributed by atoms with Gasteiger partial charge in [0.2, 0.25) is 6.79 Å². The van der Waals surface area contributed by atoms with Gasteiger partial charge in [-0.05, 0) is 68.1 Å². The summed E-state index contributed by atoms with van der Waals surface area (Å²) in [5.74, 6) is 2.34. The molecule has 0 aliphatic carbocycles. The summed E-state index contributed by atoms with van der Waals surface area (Å²) in [5.41, 5.74) is 5.24. The van der Waals surface area contributed by atoms with E-state index in [0.717, 1.165) is 38.9 Å². The number of aliphatic hydroxyl groups excluding tert-OH is 1. The van der Waals surface area contributed by atoms with E-state index >= 15 is 0 Å². The summed E-state index contributed by atoms with van der Waals surface area (Å²) in [6.45, 7) is 4.28. The number of thioether (sulfide) groups is 1. The van der Waals surface area contributed by atoms with Gasteiger partial charge < -0.3 is 43.7 Å². The minimum Gasteiger partial charge on any atom is -0.504 e. The van der Waals surface area contributed by atoms with Crippen LogP contribution >= 0.6 is 11.8 Å². The van der Waals surface area contributed by atoms with Crippen molar-refractivity contribution in [3.63, 3.8) is 0 Å². The molecule has 7 aliphatic rings. The molecule has 4 bridgehead atoms. The van der Waals surface area contributed by atoms with Crippen LogP contribution in [-0.4, -0.2) is 103 Å². The summed E-state index contributed by atoms with van der Waals surface area (Å²) >= 11 is 1.57. The van der Waals surface area contributed by atoms with Crippen molar-refractivity contribution in [1.29, 1.82) is 0 Å². The van der Waals surface area contributed by atoms with Crippen LogP contribution in [0.5, 0.6) is 40.2 Å². The average Bonchev–Trinajstić information content (AvgIpc) is 3.62. The Hall–Kier alpha value is -4.08. The van der Waals surface area contributed by atoms with Crippen LogP contribution in [0.25, 0.3) is 0 Å². The Balaban J connectivity index is 1.31. The van der Waals surface area contributed by atoms with E-state index in [1.54, 1.807) is 38.1 Å². The Kier molecular flexibility index (Phi) is 7.76. The zero-order chi connectivity index (χ0) is 36.4. The van der Waals surface area contributed by atoms with Crippen molar-refractivity contribution >= 4 is 17.7 Å². The van der Waals surface area contributed by atoms with Crippen LogP contribution in [0.15, 0.2) is 18.2 Å². The largest absolute Gasteiger partial charge is 0.504 e. The topological polar surface area (TPSA) is 152 Å². The van der Waals surface area contributed by atoms with Crippen molar-refractivity contribution in [2.75, 3.05) is 54.1 Å². The Morgan fingerprint density at radius 1 is 0.962 bits per heavy atom. The molecule has 3 aromatic rings. The number of fused-ring (bicyclic) bond motifs is 9. The number of aromatic hydroxyl groups is 2. The molecule has 276 valence electrons. The number of carbonyl (C=O) groups is 1. The number of carbonyl (C=O) groups excluding carboxylic acids is 1. The van der Waals surface area contributed by atoms with Crippen LogP contribution in [-0.2, 0) is 27.9 Å². The molecular formula is C38H43N3O10S. The first-order chi connectivity index (χ1) is 25.1. The molecule has 0 radical (unpaired) electrons. The number of nitrogens with one attached hydrogen (secondary N) is 1. The van der Waals surface area contributed by atoms with Gasteiger partial charge in [0.1, 0.15) is 18.6 Å². The highest BCUT2D eigenvalue weighted by Crippen LogP contribution is 2.64. The molecule has 7 aliphatic heterocycles. The van der Waals surface area contributed by atoms with Crippen molar-refractivity contribution < 1.29 is 48.5 Å². The molecule has 7 heterocycles. The van der Waals surface area contributed by atoms with E-state index < -0.39 is 41.1 Å². The summed E-state index contributed by atoms with van der Waals surface area (Å²) in [7, 11) is 6.70. The van der Waals surface area contributed by atoms with Crippen LogP contribution in [0.2, 0.25) is 0 Å². The smallest absolute Gasteiger partial charge is 0.331 e. The third kappa shape index (κ3) is 4.35. The van der Waals surface area contributed by atoms with Gasteiger partial charge in [-0.25, -0.2) is 4.79 Å². The SMILES string of the molecule is COc1cc2c(cc1O)CCN[C@]21CS[C@@H]2c3c(OC)c(C)c4c(c3[C@@H](COC1=O)N1C2[C@H]2c3c(cc(C)c(OC)c3O)C[C@@H]([C@@H]1O)N2C)OCO4. The van der Waals surface area contributed by atoms with Gasteiger partial charge >= 0.3 is 5.97 Å². The third-order valence-electron chi connectivity index (χ3n) is 12.2. The van der Waals surface area contributed by atoms with E-state index in [-0.39, 0.29) is 42.4 Å². The minimum absolute atomic E-state index is 0.00863. The molecule has 0 saturated carbocycles. The summed E-state index contributed by atoms with van der Waals surface area (Å²) in [6.07, 6.45) is 0.130. The summed E-state index contributed by atoms with van der Waals surface area (Å²) in [4.78, 5) is 18.9. The lowest BCUT2D eigenvalue weighted by atomic mass is 9.73. The van der Waals surface area contributed by atoms with Gasteiger partial charge in [-0.1, -0.05) is 6.07 Å². The average molecular weight is 734 g/mol. The van der Waals surface area contributed by atoms with Gasteiger partial charge in [0.15, 0.2) is 40.0 Å². The molecule has 4 N–H and O–H groups in total. The van der Waals surface area contributed by atoms with Crippen molar-refractivity contribution in [3.05, 3.63) is 62.7 Å². The number of likely N-dealkylation sites (N-methyl/N-ethyl adjacent to an activating group) is 1. The number of aliphatic hydroxyl groups is 1. The zero-order valence-corrected chi connectivity index (χ0v) is 30.8. The molecule has 1 spiro atoms. The summed E-state index contributed by atoms with van der Waals surface area (Å²) < 4.78 is 36.2. The lowest BCUT2D eigenvalue weighted by Crippen LogP contribution is -2.70. The fourth-order valence-corrected chi connectivity index (χ4v) is 11.7. The summed E-state index contributed by atoms with van der Waals surface area (Å²) in [6, 6.07) is 3.63. The lowest BCUT2D eigenvalue weighted by Gasteiger charge is -2.62. The number of aryl methyl sites for hydroxylation is 1. The van der Waals surface area contributed by atoms with Crippen LogP contribution < -0.4 is 29.0 Å². The third-order valence-corrected chi connectivity index (χ3v) is 13.7. The summed E-state index contributed by atoms with van der Waals surface area (Å²) in [5, 5.41) is 38.3. The van der Waals surface area contributed by atoms with E-state index in [9.17, 15) is 20.1 Å². The maximum Gasteiger partial charge on any atom is 0.331 e. The standard InChI is InChI=1S/C38H43N3O10S/c1-16-9-19-10-21-36(44)41-22-13-49-37(45)38(20-12-24(46-4)23(42)11-18(20)7-8-39-38)14-52-35(29(41)28(40(21)3)25(19)30(43)31(16)47-5)27-26(22)34-33(50-15-51-34)17(2)32(27)48-6/h9,11-12,21-22,28-29,35-36,39,42-44H,7-8,10,13-15H2,1-6H3/t21-,22+,28+,29?,35+,36-,38+/m0/s1. The van der Waals surface area contributed by atoms with Gasteiger partial charge in [-0.3, -0.25) is 15.1 Å². The first kappa shape index (κ1) is 33.7. The number of piperazine rings is 1. The van der Waals surface area contributed by atoms with E-state index in [1.165, 1.54) is 7.11 Å². The maximum atomic E-state index is 14.6. The van der Waals surface area contributed by atoms with E-state index in [2.05, 4.69) is 21.2 Å². The van der Waals surface area contributed by atoms with Crippen LogP contribution in [0, 0.1) is 13.8 Å². The van der Waals surface area contributed by atoms with Gasteiger partial charge in [-0.2, -0.15) is 0 Å². The molecule has 2 fully saturated rings. The monoisotopic (exact) mass is 733 g/mol. The fourth-order valence-electron chi connectivity index (χ4n) is 9.98. The molecule has 10 rings (SSSR count). The Morgan fingerprint density at radius 3 is 2.48 bits per heavy atom. The van der Waals surface area contributed by atoms with Crippen LogP contribution in [0.4, 0.5) is 0 Å². The number of hydrogen-bond donors (Lipinski definition) is 4. The molecule has 52 heavy (non-hydrogen) atoms. The Morgan fingerprint density at radius 2 is 1.73 bits per heavy atom. The van der Waals surface area contributed by atoms with Crippen molar-refractivity contribution in [1.82, 2.24) is 15.1 Å².